The Morgan fingerprint density at radius 1 is 0.704 bits per heavy atom. The molecule has 4 nitrogen and oxygen atoms in total. The van der Waals surface area contributed by atoms with E-state index in [-0.39, 0.29) is 0 Å². The predicted molar refractivity (Wildman–Crippen MR) is 107 cm³/mol. The minimum atomic E-state index is -0.531. The fourth-order valence-corrected chi connectivity index (χ4v) is 3.68. The van der Waals surface area contributed by atoms with Gasteiger partial charge < -0.3 is 5.32 Å². The Hall–Kier alpha value is -3.66. The smallest absolute Gasteiger partial charge is 0.227 e. The molecule has 3 aromatic carbocycles. The number of rotatable bonds is 3. The predicted octanol–water partition coefficient (Wildman–Crippen LogP) is 4.54. The van der Waals surface area contributed by atoms with Gasteiger partial charge in [0.05, 0.1) is 5.70 Å². The maximum absolute atomic E-state index is 4.48. The molecular formula is C23H18N4. The van der Waals surface area contributed by atoms with Crippen molar-refractivity contribution in [1.29, 1.82) is 0 Å². The number of hydrogen-bond acceptors (Lipinski definition) is 3. The van der Waals surface area contributed by atoms with Crippen LogP contribution in [0.1, 0.15) is 16.7 Å². The Morgan fingerprint density at radius 3 is 1.85 bits per heavy atom. The Kier molecular flexibility index (Phi) is 3.61. The van der Waals surface area contributed by atoms with Gasteiger partial charge in [-0.3, -0.25) is 0 Å². The summed E-state index contributed by atoms with van der Waals surface area (Å²) in [6, 6.07) is 31.2. The van der Waals surface area contributed by atoms with Crippen molar-refractivity contribution in [3.63, 3.8) is 0 Å². The molecule has 5 rings (SSSR count). The first kappa shape index (κ1) is 15.6. The van der Waals surface area contributed by atoms with Crippen LogP contribution >= 0.6 is 0 Å². The molecule has 1 N–H and O–H groups in total. The molecule has 1 aromatic heterocycles. The molecule has 0 atom stereocenters. The average molecular weight is 350 g/mol. The summed E-state index contributed by atoms with van der Waals surface area (Å²) in [5, 5.41) is 8.08. The lowest BCUT2D eigenvalue weighted by Crippen LogP contribution is -2.39. The van der Waals surface area contributed by atoms with Crippen LogP contribution in [0.25, 0.3) is 5.70 Å². The molecule has 0 unspecified atom stereocenters. The highest BCUT2D eigenvalue weighted by Crippen LogP contribution is 2.40. The zero-order chi connectivity index (χ0) is 18.1. The molecule has 0 aliphatic carbocycles. The van der Waals surface area contributed by atoms with E-state index < -0.39 is 5.54 Å². The molecule has 0 saturated heterocycles. The van der Waals surface area contributed by atoms with Crippen LogP contribution in [0.15, 0.2) is 103 Å². The average Bonchev–Trinajstić information content (AvgIpc) is 3.23. The summed E-state index contributed by atoms with van der Waals surface area (Å²) in [4.78, 5) is 4.48. The summed E-state index contributed by atoms with van der Waals surface area (Å²) < 4.78 is 1.86. The summed E-state index contributed by atoms with van der Waals surface area (Å²) >= 11 is 0. The van der Waals surface area contributed by atoms with Gasteiger partial charge in [-0.15, -0.1) is 0 Å². The van der Waals surface area contributed by atoms with Crippen molar-refractivity contribution < 1.29 is 0 Å². The highest BCUT2D eigenvalue weighted by atomic mass is 15.4. The zero-order valence-corrected chi connectivity index (χ0v) is 14.7. The monoisotopic (exact) mass is 350 g/mol. The van der Waals surface area contributed by atoms with Crippen molar-refractivity contribution >= 4 is 11.6 Å². The highest BCUT2D eigenvalue weighted by Gasteiger charge is 2.38. The van der Waals surface area contributed by atoms with Crippen molar-refractivity contribution in [2.45, 2.75) is 5.54 Å². The van der Waals surface area contributed by atoms with Crippen LogP contribution in [-0.2, 0) is 5.54 Å². The first-order valence-corrected chi connectivity index (χ1v) is 8.95. The number of fused-ring (bicyclic) bond motifs is 1. The van der Waals surface area contributed by atoms with Crippen molar-refractivity contribution in [3.8, 4) is 0 Å². The van der Waals surface area contributed by atoms with Gasteiger partial charge >= 0.3 is 0 Å². The molecule has 0 bridgehead atoms. The number of aromatic nitrogens is 3. The second-order valence-electron chi connectivity index (χ2n) is 6.56. The standard InChI is InChI=1S/C23H18N4/c1-4-10-18(11-5-1)21-16-23(19-12-6-2-7-13-19,20-14-8-3-9-15-20)26-22-24-17-25-27(21)22/h1-17H,(H,24,25,26). The maximum atomic E-state index is 4.48. The summed E-state index contributed by atoms with van der Waals surface area (Å²) in [5.74, 6) is 0.726. The number of benzene rings is 3. The second kappa shape index (κ2) is 6.25. The first-order chi connectivity index (χ1) is 13.4. The van der Waals surface area contributed by atoms with E-state index in [2.05, 4.69) is 82.1 Å². The molecule has 4 aromatic rings. The molecule has 0 fully saturated rings. The molecule has 0 amide bonds. The van der Waals surface area contributed by atoms with Gasteiger partial charge in [0, 0.05) is 5.56 Å². The molecule has 1 aliphatic heterocycles. The van der Waals surface area contributed by atoms with Gasteiger partial charge in [-0.1, -0.05) is 91.0 Å². The van der Waals surface area contributed by atoms with Gasteiger partial charge in [0.1, 0.15) is 11.9 Å². The van der Waals surface area contributed by atoms with Crippen molar-refractivity contribution in [2.75, 3.05) is 5.32 Å². The van der Waals surface area contributed by atoms with Crippen molar-refractivity contribution in [2.24, 2.45) is 0 Å². The van der Waals surface area contributed by atoms with E-state index in [1.807, 2.05) is 35.0 Å². The molecule has 1 aliphatic rings. The normalized spacial score (nSPS) is 14.7. The van der Waals surface area contributed by atoms with E-state index in [0.29, 0.717) is 0 Å². The van der Waals surface area contributed by atoms with E-state index in [1.54, 1.807) is 6.33 Å². The molecular weight excluding hydrogens is 332 g/mol. The summed E-state index contributed by atoms with van der Waals surface area (Å²) in [5.41, 5.74) is 3.88. The molecule has 4 heteroatoms. The third-order valence-corrected chi connectivity index (χ3v) is 4.97. The number of hydrogen-bond donors (Lipinski definition) is 1. The maximum Gasteiger partial charge on any atom is 0.227 e. The topological polar surface area (TPSA) is 42.7 Å². The molecule has 0 saturated carbocycles. The van der Waals surface area contributed by atoms with Crippen LogP contribution in [0.4, 0.5) is 5.95 Å². The summed E-state index contributed by atoms with van der Waals surface area (Å²) in [6.45, 7) is 0. The quantitative estimate of drug-likeness (QED) is 0.590. The van der Waals surface area contributed by atoms with Gasteiger partial charge in [-0.05, 0) is 17.2 Å². The zero-order valence-electron chi connectivity index (χ0n) is 14.7. The van der Waals surface area contributed by atoms with E-state index in [1.165, 1.54) is 0 Å². The van der Waals surface area contributed by atoms with Crippen LogP contribution < -0.4 is 5.32 Å². The summed E-state index contributed by atoms with van der Waals surface area (Å²) in [6.07, 6.45) is 3.83. The molecule has 130 valence electrons. The molecule has 2 heterocycles. The summed E-state index contributed by atoms with van der Waals surface area (Å²) in [7, 11) is 0. The lowest BCUT2D eigenvalue weighted by Gasteiger charge is -2.37. The number of anilines is 1. The van der Waals surface area contributed by atoms with Crippen LogP contribution in [0, 0.1) is 0 Å². The second-order valence-corrected chi connectivity index (χ2v) is 6.56. The highest BCUT2D eigenvalue weighted by molar-refractivity contribution is 5.75. The minimum Gasteiger partial charge on any atom is -0.337 e. The molecule has 0 radical (unpaired) electrons. The van der Waals surface area contributed by atoms with Gasteiger partial charge in [-0.25, -0.2) is 0 Å². The third kappa shape index (κ3) is 2.54. The van der Waals surface area contributed by atoms with Crippen LogP contribution in [0.2, 0.25) is 0 Å². The van der Waals surface area contributed by atoms with Crippen molar-refractivity contribution in [3.05, 3.63) is 120 Å². The van der Waals surface area contributed by atoms with Crippen LogP contribution in [-0.4, -0.2) is 14.8 Å². The Bertz CT molecular complexity index is 1040. The number of nitrogens with zero attached hydrogens (tertiary/aromatic N) is 3. The van der Waals surface area contributed by atoms with Gasteiger partial charge in [0.25, 0.3) is 0 Å². The fraction of sp³-hybridized carbons (Fsp3) is 0.0435. The van der Waals surface area contributed by atoms with Gasteiger partial charge in [-0.2, -0.15) is 14.8 Å². The fourth-order valence-electron chi connectivity index (χ4n) is 3.68. The molecule has 27 heavy (non-hydrogen) atoms. The van der Waals surface area contributed by atoms with Crippen LogP contribution in [0.3, 0.4) is 0 Å². The number of nitrogens with one attached hydrogen (secondary N) is 1. The van der Waals surface area contributed by atoms with E-state index in [0.717, 1.165) is 28.3 Å². The lowest BCUT2D eigenvalue weighted by atomic mass is 9.80. The van der Waals surface area contributed by atoms with Gasteiger partial charge in [0.15, 0.2) is 0 Å². The first-order valence-electron chi connectivity index (χ1n) is 8.95. The lowest BCUT2D eigenvalue weighted by molar-refractivity contribution is 0.693. The van der Waals surface area contributed by atoms with Crippen LogP contribution in [0.5, 0.6) is 0 Å². The Labute approximate surface area is 157 Å². The van der Waals surface area contributed by atoms with Gasteiger partial charge in [0.2, 0.25) is 5.95 Å². The SMILES string of the molecule is C1=C(c2ccccc2)n2ncnc2NC1(c1ccccc1)c1ccccc1. The minimum absolute atomic E-state index is 0.531. The Balaban J connectivity index is 1.81. The van der Waals surface area contributed by atoms with E-state index in [4.69, 9.17) is 0 Å². The van der Waals surface area contributed by atoms with Crippen molar-refractivity contribution in [1.82, 2.24) is 14.8 Å². The molecule has 0 spiro atoms. The van der Waals surface area contributed by atoms with E-state index in [9.17, 15) is 0 Å². The third-order valence-electron chi connectivity index (χ3n) is 4.97. The Morgan fingerprint density at radius 2 is 1.26 bits per heavy atom. The largest absolute Gasteiger partial charge is 0.337 e. The van der Waals surface area contributed by atoms with E-state index >= 15 is 0 Å².